The van der Waals surface area contributed by atoms with Crippen molar-refractivity contribution in [3.05, 3.63) is 0 Å². The van der Waals surface area contributed by atoms with Gasteiger partial charge in [0.2, 0.25) is 0 Å². The van der Waals surface area contributed by atoms with E-state index in [4.69, 9.17) is 0 Å². The quantitative estimate of drug-likeness (QED) is 0.804. The lowest BCUT2D eigenvalue weighted by atomic mass is 9.75. The Balaban J connectivity index is 2.34. The zero-order valence-electron chi connectivity index (χ0n) is 10.5. The zero-order chi connectivity index (χ0) is 11.5. The summed E-state index contributed by atoms with van der Waals surface area (Å²) >= 11 is 0. The smallest absolute Gasteiger partial charge is 0.0383 e. The maximum Gasteiger partial charge on any atom is 0.0383 e. The second-order valence-corrected chi connectivity index (χ2v) is 7.24. The molecule has 0 spiro atoms. The molecule has 0 aromatic carbocycles. The first-order valence-electron chi connectivity index (χ1n) is 5.95. The van der Waals surface area contributed by atoms with Crippen LogP contribution in [0.4, 0.5) is 0 Å². The van der Waals surface area contributed by atoms with Crippen LogP contribution < -0.4 is 5.32 Å². The summed E-state index contributed by atoms with van der Waals surface area (Å²) in [6, 6.07) is 1.02. The molecule has 90 valence electrons. The van der Waals surface area contributed by atoms with Gasteiger partial charge in [0.1, 0.15) is 0 Å². The highest BCUT2D eigenvalue weighted by Gasteiger charge is 2.28. The summed E-state index contributed by atoms with van der Waals surface area (Å²) in [6.07, 6.45) is 6.99. The molecular formula is C12H25NOS. The van der Waals surface area contributed by atoms with Gasteiger partial charge < -0.3 is 5.32 Å². The largest absolute Gasteiger partial charge is 0.311 e. The van der Waals surface area contributed by atoms with Gasteiger partial charge in [0.25, 0.3) is 0 Å². The molecule has 0 bridgehead atoms. The predicted molar refractivity (Wildman–Crippen MR) is 67.6 cm³/mol. The van der Waals surface area contributed by atoms with E-state index in [9.17, 15) is 4.21 Å². The lowest BCUT2D eigenvalue weighted by Gasteiger charge is -2.37. The summed E-state index contributed by atoms with van der Waals surface area (Å²) in [5, 5.41) is 3.61. The second kappa shape index (κ2) is 5.44. The topological polar surface area (TPSA) is 29.1 Å². The van der Waals surface area contributed by atoms with Gasteiger partial charge in [0.05, 0.1) is 0 Å². The van der Waals surface area contributed by atoms with E-state index in [0.29, 0.717) is 17.5 Å². The third kappa shape index (κ3) is 5.12. The molecule has 1 aliphatic rings. The minimum Gasteiger partial charge on any atom is -0.311 e. The number of nitrogens with one attached hydrogen (secondary N) is 1. The molecule has 0 aromatic heterocycles. The molecule has 0 radical (unpaired) electrons. The molecule has 3 heteroatoms. The van der Waals surface area contributed by atoms with Crippen molar-refractivity contribution in [2.45, 2.75) is 58.5 Å². The Labute approximate surface area is 96.7 Å². The Morgan fingerprint density at radius 2 is 2.20 bits per heavy atom. The van der Waals surface area contributed by atoms with Crippen LogP contribution >= 0.6 is 0 Å². The molecule has 3 atom stereocenters. The molecule has 2 nitrogen and oxygen atoms in total. The van der Waals surface area contributed by atoms with Crippen LogP contribution in [-0.2, 0) is 10.8 Å². The molecule has 0 aliphatic heterocycles. The molecule has 0 amide bonds. The van der Waals surface area contributed by atoms with Gasteiger partial charge in [-0.1, -0.05) is 20.3 Å². The first kappa shape index (κ1) is 13.2. The lowest BCUT2D eigenvalue weighted by molar-refractivity contribution is 0.193. The standard InChI is InChI=1S/C12H25NOS/c1-10(9-15(4)14)13-11-6-5-7-12(2,3)8-11/h10-11,13H,5-9H2,1-4H3. The van der Waals surface area contributed by atoms with Gasteiger partial charge in [-0.3, -0.25) is 4.21 Å². The summed E-state index contributed by atoms with van der Waals surface area (Å²) in [6.45, 7) is 6.84. The van der Waals surface area contributed by atoms with E-state index in [1.54, 1.807) is 6.26 Å². The minimum atomic E-state index is -0.682. The van der Waals surface area contributed by atoms with E-state index >= 15 is 0 Å². The maximum absolute atomic E-state index is 11.1. The van der Waals surface area contributed by atoms with Crippen LogP contribution in [0.3, 0.4) is 0 Å². The third-order valence-corrected chi connectivity index (χ3v) is 4.18. The Hall–Kier alpha value is 0.110. The highest BCUT2D eigenvalue weighted by atomic mass is 32.2. The summed E-state index contributed by atoms with van der Waals surface area (Å²) in [5.41, 5.74) is 0.487. The van der Waals surface area contributed by atoms with Crippen LogP contribution in [0, 0.1) is 5.41 Å². The average Bonchev–Trinajstić information content (AvgIpc) is 1.99. The molecule has 3 unspecified atom stereocenters. The van der Waals surface area contributed by atoms with Crippen molar-refractivity contribution in [1.29, 1.82) is 0 Å². The van der Waals surface area contributed by atoms with Crippen molar-refractivity contribution in [2.24, 2.45) is 5.41 Å². The van der Waals surface area contributed by atoms with Crippen LogP contribution in [0.5, 0.6) is 0 Å². The first-order chi connectivity index (χ1) is 6.89. The molecule has 1 rings (SSSR count). The SMILES string of the molecule is CC(CS(C)=O)NC1CCCC(C)(C)C1. The Kier molecular flexibility index (Phi) is 4.78. The number of hydrogen-bond donors (Lipinski definition) is 1. The normalized spacial score (nSPS) is 29.7. The van der Waals surface area contributed by atoms with Gasteiger partial charge in [-0.15, -0.1) is 0 Å². The highest BCUT2D eigenvalue weighted by molar-refractivity contribution is 7.84. The molecule has 1 fully saturated rings. The minimum absolute atomic E-state index is 0.384. The Morgan fingerprint density at radius 3 is 2.73 bits per heavy atom. The monoisotopic (exact) mass is 231 g/mol. The van der Waals surface area contributed by atoms with Crippen LogP contribution in [0.25, 0.3) is 0 Å². The summed E-state index contributed by atoms with van der Waals surface area (Å²) in [5.74, 6) is 0.775. The second-order valence-electron chi connectivity index (χ2n) is 5.77. The molecule has 0 saturated heterocycles. The van der Waals surface area contributed by atoms with Gasteiger partial charge in [0.15, 0.2) is 0 Å². The van der Waals surface area contributed by atoms with Crippen LogP contribution in [0.2, 0.25) is 0 Å². The Morgan fingerprint density at radius 1 is 1.53 bits per heavy atom. The van der Waals surface area contributed by atoms with Gasteiger partial charge in [-0.05, 0) is 31.6 Å². The van der Waals surface area contributed by atoms with Crippen molar-refractivity contribution in [3.63, 3.8) is 0 Å². The zero-order valence-corrected chi connectivity index (χ0v) is 11.3. The highest BCUT2D eigenvalue weighted by Crippen LogP contribution is 2.35. The molecule has 0 aromatic rings. The molecule has 1 N–H and O–H groups in total. The fourth-order valence-corrected chi connectivity index (χ4v) is 3.44. The van der Waals surface area contributed by atoms with Crippen LogP contribution in [0.15, 0.2) is 0 Å². The van der Waals surface area contributed by atoms with E-state index in [1.165, 1.54) is 25.7 Å². The molecule has 0 heterocycles. The fourth-order valence-electron chi connectivity index (χ4n) is 2.64. The van der Waals surface area contributed by atoms with E-state index in [-0.39, 0.29) is 0 Å². The predicted octanol–water partition coefficient (Wildman–Crippen LogP) is 2.31. The van der Waals surface area contributed by atoms with Gasteiger partial charge in [-0.25, -0.2) is 0 Å². The van der Waals surface area contributed by atoms with Crippen LogP contribution in [-0.4, -0.2) is 28.3 Å². The molecular weight excluding hydrogens is 206 g/mol. The van der Waals surface area contributed by atoms with Crippen molar-refractivity contribution in [3.8, 4) is 0 Å². The van der Waals surface area contributed by atoms with Crippen LogP contribution in [0.1, 0.15) is 46.5 Å². The Bertz CT molecular complexity index is 228. The number of rotatable bonds is 4. The lowest BCUT2D eigenvalue weighted by Crippen LogP contribution is -2.43. The van der Waals surface area contributed by atoms with E-state index in [1.807, 2.05) is 0 Å². The van der Waals surface area contributed by atoms with Crippen molar-refractivity contribution in [2.75, 3.05) is 12.0 Å². The summed E-state index contributed by atoms with van der Waals surface area (Å²) in [7, 11) is -0.682. The molecule has 1 saturated carbocycles. The fraction of sp³-hybridized carbons (Fsp3) is 1.00. The van der Waals surface area contributed by atoms with Crippen molar-refractivity contribution >= 4 is 10.8 Å². The van der Waals surface area contributed by atoms with E-state index < -0.39 is 10.8 Å². The summed E-state index contributed by atoms with van der Waals surface area (Å²) in [4.78, 5) is 0. The van der Waals surface area contributed by atoms with E-state index in [0.717, 1.165) is 5.75 Å². The molecule has 1 aliphatic carbocycles. The van der Waals surface area contributed by atoms with Crippen molar-refractivity contribution in [1.82, 2.24) is 5.32 Å². The first-order valence-corrected chi connectivity index (χ1v) is 7.68. The van der Waals surface area contributed by atoms with Crippen molar-refractivity contribution < 1.29 is 4.21 Å². The maximum atomic E-state index is 11.1. The molecule has 15 heavy (non-hydrogen) atoms. The van der Waals surface area contributed by atoms with Gasteiger partial charge in [0, 0.05) is 34.9 Å². The third-order valence-electron chi connectivity index (χ3n) is 3.21. The van der Waals surface area contributed by atoms with E-state index in [2.05, 4.69) is 26.1 Å². The summed E-state index contributed by atoms with van der Waals surface area (Å²) < 4.78 is 11.1. The van der Waals surface area contributed by atoms with Gasteiger partial charge in [-0.2, -0.15) is 0 Å². The number of hydrogen-bond acceptors (Lipinski definition) is 2. The van der Waals surface area contributed by atoms with Gasteiger partial charge >= 0.3 is 0 Å². The average molecular weight is 231 g/mol.